The van der Waals surface area contributed by atoms with Crippen molar-refractivity contribution in [2.45, 2.75) is 19.3 Å². The topological polar surface area (TPSA) is 55.3 Å². The minimum absolute atomic E-state index is 0.430. The normalized spacial score (nSPS) is 10.1. The van der Waals surface area contributed by atoms with Gasteiger partial charge in [-0.3, -0.25) is 0 Å². The Morgan fingerprint density at radius 1 is 1.12 bits per heavy atom. The molecule has 4 N–H and O–H groups in total. The van der Waals surface area contributed by atoms with Crippen LogP contribution in [0, 0.1) is 0 Å². The summed E-state index contributed by atoms with van der Waals surface area (Å²) in [5, 5.41) is 0.430. The molecular weight excluding hydrogens is 218 g/mol. The maximum atomic E-state index is 5.72. The van der Waals surface area contributed by atoms with E-state index in [1.165, 1.54) is 0 Å². The summed E-state index contributed by atoms with van der Waals surface area (Å²) in [6.45, 7) is 1.61. The fourth-order valence-corrected chi connectivity index (χ4v) is 1.76. The van der Waals surface area contributed by atoms with Gasteiger partial charge in [-0.15, -0.1) is 0 Å². The van der Waals surface area contributed by atoms with Crippen LogP contribution in [-0.4, -0.2) is 18.2 Å². The second-order valence-electron chi connectivity index (χ2n) is 3.67. The highest BCUT2D eigenvalue weighted by Crippen LogP contribution is 2.14. The fraction of sp³-hybridized carbons (Fsp3) is 0.417. The summed E-state index contributed by atoms with van der Waals surface area (Å²) in [4.78, 5) is 1.96. The molecule has 0 bridgehead atoms. The number of nitrogens with two attached hydrogens (primary N) is 2. The number of unbranched alkanes of at least 4 members (excludes halogenated alkanes) is 2. The molecule has 0 aliphatic carbocycles. The molecule has 0 unspecified atom stereocenters. The Kier molecular flexibility index (Phi) is 5.82. The molecule has 0 amide bonds. The van der Waals surface area contributed by atoms with Crippen LogP contribution in [0.5, 0.6) is 0 Å². The molecule has 0 spiro atoms. The minimum atomic E-state index is 0.430. The monoisotopic (exact) mass is 237 g/mol. The van der Waals surface area contributed by atoms with Crippen molar-refractivity contribution >= 4 is 23.0 Å². The summed E-state index contributed by atoms with van der Waals surface area (Å²) in [6, 6.07) is 9.99. The molecule has 0 radical (unpaired) electrons. The molecule has 0 saturated carbocycles. The number of hydrogen-bond acceptors (Lipinski definition) is 2. The molecule has 3 nitrogen and oxygen atoms in total. The van der Waals surface area contributed by atoms with E-state index < -0.39 is 0 Å². The van der Waals surface area contributed by atoms with Gasteiger partial charge in [-0.1, -0.05) is 24.6 Å². The lowest BCUT2D eigenvalue weighted by molar-refractivity contribution is 0.691. The summed E-state index contributed by atoms with van der Waals surface area (Å²) in [7, 11) is 0. The predicted octanol–water partition coefficient (Wildman–Crippen LogP) is 1.87. The Morgan fingerprint density at radius 2 is 1.81 bits per heavy atom. The highest BCUT2D eigenvalue weighted by atomic mass is 32.1. The molecule has 1 rings (SSSR count). The van der Waals surface area contributed by atoms with E-state index in [9.17, 15) is 0 Å². The molecular formula is C12H19N3S. The van der Waals surface area contributed by atoms with E-state index in [2.05, 4.69) is 0 Å². The third-order valence-corrected chi connectivity index (χ3v) is 2.64. The van der Waals surface area contributed by atoms with E-state index in [4.69, 9.17) is 23.7 Å². The van der Waals surface area contributed by atoms with Gasteiger partial charge in [0, 0.05) is 12.2 Å². The second-order valence-corrected chi connectivity index (χ2v) is 4.09. The quantitative estimate of drug-likeness (QED) is 0.586. The van der Waals surface area contributed by atoms with Crippen molar-refractivity contribution in [3.63, 3.8) is 0 Å². The summed E-state index contributed by atoms with van der Waals surface area (Å²) in [5.74, 6) is 0. The van der Waals surface area contributed by atoms with E-state index in [0.717, 1.165) is 38.0 Å². The van der Waals surface area contributed by atoms with Gasteiger partial charge in [0.15, 0.2) is 5.11 Å². The third-order valence-electron chi connectivity index (χ3n) is 2.42. The minimum Gasteiger partial charge on any atom is -0.376 e. The number of hydrogen-bond donors (Lipinski definition) is 2. The first kappa shape index (κ1) is 12.9. The zero-order valence-electron chi connectivity index (χ0n) is 9.43. The zero-order valence-corrected chi connectivity index (χ0v) is 10.2. The highest BCUT2D eigenvalue weighted by molar-refractivity contribution is 7.80. The number of benzene rings is 1. The van der Waals surface area contributed by atoms with Crippen LogP contribution < -0.4 is 16.4 Å². The Bertz CT molecular complexity index is 313. The van der Waals surface area contributed by atoms with E-state index in [-0.39, 0.29) is 0 Å². The van der Waals surface area contributed by atoms with E-state index >= 15 is 0 Å². The summed E-state index contributed by atoms with van der Waals surface area (Å²) in [6.07, 6.45) is 3.23. The SMILES string of the molecule is NCCCCCN(C(N)=S)c1ccccc1. The Balaban J connectivity index is 2.52. The van der Waals surface area contributed by atoms with Crippen molar-refractivity contribution in [1.82, 2.24) is 0 Å². The fourth-order valence-electron chi connectivity index (χ4n) is 1.57. The number of rotatable bonds is 6. The molecule has 1 aromatic carbocycles. The molecule has 0 heterocycles. The summed E-state index contributed by atoms with van der Waals surface area (Å²) >= 11 is 5.06. The van der Waals surface area contributed by atoms with Gasteiger partial charge < -0.3 is 16.4 Å². The van der Waals surface area contributed by atoms with Crippen LogP contribution in [0.2, 0.25) is 0 Å². The van der Waals surface area contributed by atoms with Crippen molar-refractivity contribution in [3.05, 3.63) is 30.3 Å². The lowest BCUT2D eigenvalue weighted by Gasteiger charge is -2.22. The Hall–Kier alpha value is -1.13. The maximum absolute atomic E-state index is 5.72. The van der Waals surface area contributed by atoms with Crippen LogP contribution in [0.1, 0.15) is 19.3 Å². The first-order chi connectivity index (χ1) is 7.75. The number of para-hydroxylation sites is 1. The van der Waals surface area contributed by atoms with Crippen LogP contribution in [-0.2, 0) is 0 Å². The molecule has 0 saturated heterocycles. The van der Waals surface area contributed by atoms with Crippen molar-refractivity contribution < 1.29 is 0 Å². The van der Waals surface area contributed by atoms with Gasteiger partial charge >= 0.3 is 0 Å². The standard InChI is InChI=1S/C12H19N3S/c13-9-5-2-6-10-15(12(14)16)11-7-3-1-4-8-11/h1,3-4,7-8H,2,5-6,9-10,13H2,(H2,14,16). The second kappa shape index (κ2) is 7.19. The van der Waals surface area contributed by atoms with Crippen molar-refractivity contribution in [2.75, 3.05) is 18.0 Å². The van der Waals surface area contributed by atoms with Crippen molar-refractivity contribution in [2.24, 2.45) is 11.5 Å². The average molecular weight is 237 g/mol. The van der Waals surface area contributed by atoms with Gasteiger partial charge in [-0.25, -0.2) is 0 Å². The molecule has 0 fully saturated rings. The molecule has 4 heteroatoms. The van der Waals surface area contributed by atoms with Gasteiger partial charge in [-0.05, 0) is 43.7 Å². The molecule has 0 atom stereocenters. The maximum Gasteiger partial charge on any atom is 0.170 e. The zero-order chi connectivity index (χ0) is 11.8. The van der Waals surface area contributed by atoms with Crippen LogP contribution >= 0.6 is 12.2 Å². The van der Waals surface area contributed by atoms with Gasteiger partial charge in [0.2, 0.25) is 0 Å². The molecule has 1 aromatic rings. The first-order valence-corrected chi connectivity index (χ1v) is 5.98. The number of anilines is 1. The number of thiocarbonyl (C=S) groups is 1. The Morgan fingerprint density at radius 3 is 2.38 bits per heavy atom. The molecule has 0 aliphatic heterocycles. The first-order valence-electron chi connectivity index (χ1n) is 5.58. The third kappa shape index (κ3) is 4.16. The van der Waals surface area contributed by atoms with Crippen LogP contribution in [0.25, 0.3) is 0 Å². The van der Waals surface area contributed by atoms with Crippen molar-refractivity contribution in [1.29, 1.82) is 0 Å². The molecule has 88 valence electrons. The van der Waals surface area contributed by atoms with Crippen LogP contribution in [0.4, 0.5) is 5.69 Å². The smallest absolute Gasteiger partial charge is 0.170 e. The van der Waals surface area contributed by atoms with Gasteiger partial charge in [0.05, 0.1) is 0 Å². The molecule has 16 heavy (non-hydrogen) atoms. The molecule has 0 aromatic heterocycles. The van der Waals surface area contributed by atoms with Crippen LogP contribution in [0.3, 0.4) is 0 Å². The Labute approximate surface area is 102 Å². The average Bonchev–Trinajstić information content (AvgIpc) is 2.30. The predicted molar refractivity (Wildman–Crippen MR) is 73.5 cm³/mol. The van der Waals surface area contributed by atoms with E-state index in [1.807, 2.05) is 35.2 Å². The van der Waals surface area contributed by atoms with Crippen LogP contribution in [0.15, 0.2) is 30.3 Å². The van der Waals surface area contributed by atoms with Gasteiger partial charge in [-0.2, -0.15) is 0 Å². The lowest BCUT2D eigenvalue weighted by Crippen LogP contribution is -2.36. The van der Waals surface area contributed by atoms with E-state index in [0.29, 0.717) is 5.11 Å². The summed E-state index contributed by atoms with van der Waals surface area (Å²) in [5.41, 5.74) is 12.2. The summed E-state index contributed by atoms with van der Waals surface area (Å²) < 4.78 is 0. The van der Waals surface area contributed by atoms with E-state index in [1.54, 1.807) is 0 Å². The number of nitrogens with zero attached hydrogens (tertiary/aromatic N) is 1. The van der Waals surface area contributed by atoms with Gasteiger partial charge in [0.1, 0.15) is 0 Å². The largest absolute Gasteiger partial charge is 0.376 e. The molecule has 0 aliphatic rings. The lowest BCUT2D eigenvalue weighted by atomic mass is 10.2. The van der Waals surface area contributed by atoms with Crippen molar-refractivity contribution in [3.8, 4) is 0 Å². The van der Waals surface area contributed by atoms with Gasteiger partial charge in [0.25, 0.3) is 0 Å². The highest BCUT2D eigenvalue weighted by Gasteiger charge is 2.07.